The van der Waals surface area contributed by atoms with Crippen molar-refractivity contribution in [2.75, 3.05) is 39.6 Å². The molecular weight excluding hydrogens is 981 g/mol. The van der Waals surface area contributed by atoms with Crippen LogP contribution in [0.1, 0.15) is 99.3 Å². The first-order valence-electron chi connectivity index (χ1n) is 26.6. The highest BCUT2D eigenvalue weighted by molar-refractivity contribution is 5.83. The van der Waals surface area contributed by atoms with Crippen LogP contribution in [-0.4, -0.2) is 240 Å². The van der Waals surface area contributed by atoms with Crippen LogP contribution in [0.4, 0.5) is 0 Å². The van der Waals surface area contributed by atoms with E-state index in [1.54, 1.807) is 0 Å². The summed E-state index contributed by atoms with van der Waals surface area (Å²) in [6, 6.07) is 0. The lowest BCUT2D eigenvalue weighted by atomic mass is 9.42. The van der Waals surface area contributed by atoms with Gasteiger partial charge in [0.2, 0.25) is 0 Å². The number of carbonyl (C=O) groups is 1. The zero-order chi connectivity index (χ0) is 53.8. The minimum atomic E-state index is -2.14. The molecule has 5 saturated heterocycles. The second-order valence-electron chi connectivity index (χ2n) is 23.9. The Balaban J connectivity index is 0.897. The molecule has 2 saturated carbocycles. The fraction of sp³-hybridized carbons (Fsp3) is 0.941. The maximum absolute atomic E-state index is 13.0. The number of hydrogen-bond donors (Lipinski definition) is 13. The fourth-order valence-electron chi connectivity index (χ4n) is 15.5. The normalized spacial score (nSPS) is 54.6. The van der Waals surface area contributed by atoms with Gasteiger partial charge in [-0.15, -0.1) is 0 Å². The number of aliphatic hydroxyl groups excluding tert-OH is 12. The smallest absolute Gasteiger partial charge is 0.187 e. The lowest BCUT2D eigenvalue weighted by Crippen LogP contribution is -2.65. The summed E-state index contributed by atoms with van der Waals surface area (Å²) in [4.78, 5) is 13.0. The molecule has 0 aromatic carbocycles. The van der Waals surface area contributed by atoms with Crippen molar-refractivity contribution in [3.63, 3.8) is 0 Å². The van der Waals surface area contributed by atoms with Gasteiger partial charge in [0.05, 0.1) is 51.8 Å². The van der Waals surface area contributed by atoms with E-state index >= 15 is 0 Å². The highest BCUT2D eigenvalue weighted by Crippen LogP contribution is 2.75. The van der Waals surface area contributed by atoms with Crippen molar-refractivity contribution in [2.45, 2.75) is 227 Å². The van der Waals surface area contributed by atoms with Crippen LogP contribution < -0.4 is 0 Å². The molecule has 9 aliphatic rings. The van der Waals surface area contributed by atoms with Crippen molar-refractivity contribution < 1.29 is 114 Å². The van der Waals surface area contributed by atoms with Crippen molar-refractivity contribution in [3.8, 4) is 0 Å². The molecule has 0 aromatic heterocycles. The van der Waals surface area contributed by atoms with Crippen LogP contribution in [0.15, 0.2) is 11.1 Å². The van der Waals surface area contributed by atoms with Crippen LogP contribution in [0.2, 0.25) is 0 Å². The lowest BCUT2D eigenvalue weighted by molar-refractivity contribution is -0.378. The first-order valence-corrected chi connectivity index (χ1v) is 26.6. The number of rotatable bonds is 14. The molecule has 9 rings (SSSR count). The highest BCUT2D eigenvalue weighted by Gasteiger charge is 2.75. The zero-order valence-corrected chi connectivity index (χ0v) is 43.1. The molecule has 0 bridgehead atoms. The molecule has 27 atom stereocenters. The Kier molecular flexibility index (Phi) is 16.1. The summed E-state index contributed by atoms with van der Waals surface area (Å²) in [5, 5.41) is 142. The van der Waals surface area contributed by atoms with Gasteiger partial charge in [0.1, 0.15) is 90.6 Å². The monoisotopic (exact) mass is 1060 g/mol. The summed E-state index contributed by atoms with van der Waals surface area (Å²) in [5.41, 5.74) is -2.50. The van der Waals surface area contributed by atoms with Crippen LogP contribution in [0.5, 0.6) is 0 Å². The first kappa shape index (κ1) is 57.2. The topological polar surface area (TPSA) is 363 Å². The van der Waals surface area contributed by atoms with E-state index in [1.165, 1.54) is 11.1 Å². The van der Waals surface area contributed by atoms with E-state index in [-0.39, 0.29) is 29.6 Å². The predicted octanol–water partition coefficient (Wildman–Crippen LogP) is -2.86. The number of allylic oxidation sites excluding steroid dienone is 2. The second-order valence-corrected chi connectivity index (χ2v) is 23.9. The molecule has 74 heavy (non-hydrogen) atoms. The molecule has 0 unspecified atom stereocenters. The van der Waals surface area contributed by atoms with Gasteiger partial charge in [-0.1, -0.05) is 52.7 Å². The molecule has 7 fully saturated rings. The van der Waals surface area contributed by atoms with E-state index in [4.69, 9.17) is 42.6 Å². The van der Waals surface area contributed by atoms with Crippen LogP contribution >= 0.6 is 0 Å². The Labute approximate surface area is 430 Å². The van der Waals surface area contributed by atoms with Crippen molar-refractivity contribution in [1.82, 2.24) is 0 Å². The van der Waals surface area contributed by atoms with Gasteiger partial charge >= 0.3 is 0 Å². The van der Waals surface area contributed by atoms with E-state index in [0.717, 1.165) is 12.8 Å². The minimum Gasteiger partial charge on any atom is -0.396 e. The van der Waals surface area contributed by atoms with Gasteiger partial charge in [0, 0.05) is 17.3 Å². The Morgan fingerprint density at radius 2 is 1.39 bits per heavy atom. The summed E-state index contributed by atoms with van der Waals surface area (Å²) < 4.78 is 54.1. The molecule has 5 heterocycles. The molecule has 23 nitrogen and oxygen atoms in total. The molecule has 4 aliphatic carbocycles. The molecule has 13 N–H and O–H groups in total. The number of Topliss-reactive ketones (excluding diaryl/α,β-unsaturated/α-hetero) is 1. The van der Waals surface area contributed by atoms with Gasteiger partial charge in [-0.2, -0.15) is 0 Å². The van der Waals surface area contributed by atoms with Gasteiger partial charge in [-0.3, -0.25) is 4.79 Å². The predicted molar refractivity (Wildman–Crippen MR) is 250 cm³/mol. The molecule has 0 aromatic rings. The quantitative estimate of drug-likeness (QED) is 0.0779. The number of fused-ring (bicyclic) bond motifs is 5. The summed E-state index contributed by atoms with van der Waals surface area (Å²) in [5.74, 6) is -0.0795. The maximum atomic E-state index is 13.0. The number of hydrogen-bond acceptors (Lipinski definition) is 23. The first-order chi connectivity index (χ1) is 34.8. The van der Waals surface area contributed by atoms with Gasteiger partial charge in [-0.05, 0) is 74.0 Å². The van der Waals surface area contributed by atoms with E-state index in [1.807, 2.05) is 13.8 Å². The molecule has 0 amide bonds. The molecule has 23 heteroatoms. The van der Waals surface area contributed by atoms with Crippen LogP contribution in [0.25, 0.3) is 0 Å². The number of carbonyl (C=O) groups excluding carboxylic acids is 1. The SMILES string of the molecule is CCC(=O)[C@@H]1C[C@@H](C)[C@@]2(O1)[C@@H](O)C[C@@]1(C)C3=C(CC[C@]21C)[C@@]1(C)CC[C@H](O[C@@H]2O[C@H](CO[C@@H]4OC[C@H](O)[C@H](O)[C@H]4O[C@@H]4O[C@H](CO)[C@@H](O)[C@H](O)[C@H]4O[C@@H]4OC[C@](O)(CO)[C@H]4O)[C@@H](O)[C@H](O)[C@H]2O)[C@](C)(CO)[C@@H]1CC3. The highest BCUT2D eigenvalue weighted by atomic mass is 16.8. The van der Waals surface area contributed by atoms with Gasteiger partial charge in [-0.25, -0.2) is 0 Å². The van der Waals surface area contributed by atoms with E-state index in [0.29, 0.717) is 44.9 Å². The van der Waals surface area contributed by atoms with E-state index in [9.17, 15) is 71.2 Å². The largest absolute Gasteiger partial charge is 0.396 e. The summed E-state index contributed by atoms with van der Waals surface area (Å²) in [7, 11) is 0. The average Bonchev–Trinajstić information content (AvgIpc) is 3.95. The number of aliphatic hydroxyl groups is 13. The van der Waals surface area contributed by atoms with Crippen LogP contribution in [-0.2, 0) is 47.4 Å². The Morgan fingerprint density at radius 3 is 2.05 bits per heavy atom. The third-order valence-corrected chi connectivity index (χ3v) is 20.2. The van der Waals surface area contributed by atoms with Crippen LogP contribution in [0.3, 0.4) is 0 Å². The van der Waals surface area contributed by atoms with Gasteiger partial charge in [0.25, 0.3) is 0 Å². The van der Waals surface area contributed by atoms with Crippen molar-refractivity contribution in [1.29, 1.82) is 0 Å². The fourth-order valence-corrected chi connectivity index (χ4v) is 15.5. The second kappa shape index (κ2) is 20.9. The maximum Gasteiger partial charge on any atom is 0.187 e. The van der Waals surface area contributed by atoms with E-state index < -0.39 is 177 Å². The minimum absolute atomic E-state index is 0.0283. The average molecular weight is 1060 g/mol. The Morgan fingerprint density at radius 1 is 0.716 bits per heavy atom. The van der Waals surface area contributed by atoms with Crippen LogP contribution in [0, 0.1) is 33.5 Å². The van der Waals surface area contributed by atoms with Gasteiger partial charge in [0.15, 0.2) is 30.9 Å². The molecule has 0 radical (unpaired) electrons. The number of ether oxygens (including phenoxy) is 9. The summed E-state index contributed by atoms with van der Waals surface area (Å²) >= 11 is 0. The molecule has 5 aliphatic heterocycles. The molecule has 424 valence electrons. The van der Waals surface area contributed by atoms with Crippen molar-refractivity contribution >= 4 is 5.78 Å². The molecular formula is C51H82O23. The summed E-state index contributed by atoms with van der Waals surface area (Å²) in [6.45, 7) is 8.97. The van der Waals surface area contributed by atoms with Crippen molar-refractivity contribution in [2.24, 2.45) is 33.5 Å². The summed E-state index contributed by atoms with van der Waals surface area (Å²) in [6.07, 6.45) is -23.9. The lowest BCUT2D eigenvalue weighted by Gasteiger charge is -2.63. The number of ketones is 1. The zero-order valence-electron chi connectivity index (χ0n) is 43.1. The standard InChI is InChI=1S/C51H82O23/c1-7-25(55)27-14-22(2)51(74-27)31(57)15-48(5)24-8-9-30-46(3,23(24)10-13-49(48,51)6)12-11-32(47(30,4)19-53)71-42-38(63)36(61)35(60)29(70-42)18-67-43-39(33(58)26(56)17-66-43)72-44-40(37(62)34(59)28(16-52)69-44)73-45-41(64)50(65,20-54)21-68-45/h22,26-45,52-54,56-65H,7-21H2,1-6H3/t22-,26+,27+,28-,29-,30-,31+,32+,33+,34-,35-,36+,37+,38-,39-,40-,41+,42+,43+,44+,45+,46-,47-,48+,49+,50-,51-/m1/s1. The third kappa shape index (κ3) is 8.74. The molecule has 1 spiro atoms. The van der Waals surface area contributed by atoms with E-state index in [2.05, 4.69) is 27.7 Å². The Bertz CT molecular complexity index is 2050. The van der Waals surface area contributed by atoms with Gasteiger partial charge < -0.3 is 109 Å². The Hall–Kier alpha value is -1.47. The third-order valence-electron chi connectivity index (χ3n) is 20.2. The van der Waals surface area contributed by atoms with Crippen molar-refractivity contribution in [3.05, 3.63) is 11.1 Å².